The molecular formula is C9H15N3O2. The molecule has 0 bridgehead atoms. The van der Waals surface area contributed by atoms with E-state index in [-0.39, 0.29) is 0 Å². The highest BCUT2D eigenvalue weighted by molar-refractivity contribution is 5.44. The molecule has 1 aromatic rings. The standard InChI is InChI=1S/C9H15N3O2/c1-6-8(10)11-7(2)12-9(6)14-5-4-13-3/h4-5H2,1-3H3,(H2,10,11,12). The van der Waals surface area contributed by atoms with Crippen molar-refractivity contribution >= 4 is 5.82 Å². The largest absolute Gasteiger partial charge is 0.475 e. The van der Waals surface area contributed by atoms with Gasteiger partial charge in [-0.15, -0.1) is 0 Å². The summed E-state index contributed by atoms with van der Waals surface area (Å²) in [6, 6.07) is 0. The average molecular weight is 197 g/mol. The summed E-state index contributed by atoms with van der Waals surface area (Å²) in [6.45, 7) is 4.60. The molecule has 0 aliphatic heterocycles. The third kappa shape index (κ3) is 2.56. The van der Waals surface area contributed by atoms with Crippen LogP contribution >= 0.6 is 0 Å². The second-order valence-electron chi connectivity index (χ2n) is 2.93. The molecule has 0 atom stereocenters. The summed E-state index contributed by atoms with van der Waals surface area (Å²) in [4.78, 5) is 8.15. The molecule has 0 amide bonds. The van der Waals surface area contributed by atoms with Gasteiger partial charge < -0.3 is 15.2 Å². The molecule has 1 heterocycles. The van der Waals surface area contributed by atoms with Crippen molar-refractivity contribution in [2.45, 2.75) is 13.8 Å². The second-order valence-corrected chi connectivity index (χ2v) is 2.93. The average Bonchev–Trinajstić information content (AvgIpc) is 2.13. The van der Waals surface area contributed by atoms with E-state index in [1.54, 1.807) is 14.0 Å². The Balaban J connectivity index is 2.75. The quantitative estimate of drug-likeness (QED) is 0.719. The Hall–Kier alpha value is -1.36. The number of hydrogen-bond acceptors (Lipinski definition) is 5. The summed E-state index contributed by atoms with van der Waals surface area (Å²) in [6.07, 6.45) is 0. The minimum Gasteiger partial charge on any atom is -0.475 e. The Kier molecular flexibility index (Phi) is 3.64. The molecule has 5 heteroatoms. The van der Waals surface area contributed by atoms with E-state index in [1.807, 2.05) is 6.92 Å². The van der Waals surface area contributed by atoms with Crippen molar-refractivity contribution in [1.29, 1.82) is 0 Å². The van der Waals surface area contributed by atoms with Crippen molar-refractivity contribution in [3.8, 4) is 5.88 Å². The van der Waals surface area contributed by atoms with Crippen molar-refractivity contribution in [2.75, 3.05) is 26.1 Å². The van der Waals surface area contributed by atoms with Crippen LogP contribution in [0.15, 0.2) is 0 Å². The van der Waals surface area contributed by atoms with Gasteiger partial charge in [0.15, 0.2) is 0 Å². The van der Waals surface area contributed by atoms with Gasteiger partial charge in [0.05, 0.1) is 12.2 Å². The minimum absolute atomic E-state index is 0.463. The van der Waals surface area contributed by atoms with E-state index in [2.05, 4.69) is 9.97 Å². The van der Waals surface area contributed by atoms with Gasteiger partial charge in [0.25, 0.3) is 0 Å². The van der Waals surface area contributed by atoms with Crippen LogP contribution in [0.25, 0.3) is 0 Å². The maximum atomic E-state index is 5.66. The molecule has 0 spiro atoms. The minimum atomic E-state index is 0.463. The van der Waals surface area contributed by atoms with Gasteiger partial charge in [0.1, 0.15) is 18.2 Å². The Morgan fingerprint density at radius 2 is 1.93 bits per heavy atom. The van der Waals surface area contributed by atoms with Crippen LogP contribution in [-0.2, 0) is 4.74 Å². The number of hydrogen-bond donors (Lipinski definition) is 1. The number of nitrogen functional groups attached to an aromatic ring is 1. The summed E-state index contributed by atoms with van der Waals surface area (Å²) >= 11 is 0. The van der Waals surface area contributed by atoms with Gasteiger partial charge in [0.2, 0.25) is 5.88 Å². The molecule has 0 aliphatic carbocycles. The van der Waals surface area contributed by atoms with Crippen molar-refractivity contribution in [3.05, 3.63) is 11.4 Å². The molecule has 0 unspecified atom stereocenters. The summed E-state index contributed by atoms with van der Waals surface area (Å²) < 4.78 is 10.2. The maximum Gasteiger partial charge on any atom is 0.221 e. The van der Waals surface area contributed by atoms with E-state index < -0.39 is 0 Å². The third-order valence-corrected chi connectivity index (χ3v) is 1.78. The van der Waals surface area contributed by atoms with Gasteiger partial charge in [-0.1, -0.05) is 0 Å². The first-order chi connectivity index (χ1) is 6.65. The van der Waals surface area contributed by atoms with E-state index in [9.17, 15) is 0 Å². The van der Waals surface area contributed by atoms with E-state index in [0.717, 1.165) is 5.56 Å². The van der Waals surface area contributed by atoms with Crippen LogP contribution in [0.2, 0.25) is 0 Å². The van der Waals surface area contributed by atoms with Gasteiger partial charge >= 0.3 is 0 Å². The van der Waals surface area contributed by atoms with E-state index >= 15 is 0 Å². The molecular weight excluding hydrogens is 182 g/mol. The first-order valence-corrected chi connectivity index (χ1v) is 4.37. The van der Waals surface area contributed by atoms with Crippen molar-refractivity contribution in [3.63, 3.8) is 0 Å². The highest BCUT2D eigenvalue weighted by Crippen LogP contribution is 2.18. The highest BCUT2D eigenvalue weighted by atomic mass is 16.5. The number of ether oxygens (including phenoxy) is 2. The normalized spacial score (nSPS) is 10.2. The molecule has 0 aromatic carbocycles. The van der Waals surface area contributed by atoms with Crippen LogP contribution in [0.3, 0.4) is 0 Å². The lowest BCUT2D eigenvalue weighted by atomic mass is 10.3. The molecule has 5 nitrogen and oxygen atoms in total. The first-order valence-electron chi connectivity index (χ1n) is 4.37. The Morgan fingerprint density at radius 1 is 1.21 bits per heavy atom. The van der Waals surface area contributed by atoms with Crippen molar-refractivity contribution in [2.24, 2.45) is 0 Å². The maximum absolute atomic E-state index is 5.66. The molecule has 0 aliphatic rings. The lowest BCUT2D eigenvalue weighted by Gasteiger charge is -2.09. The zero-order valence-electron chi connectivity index (χ0n) is 8.70. The number of aromatic nitrogens is 2. The molecule has 0 saturated heterocycles. The van der Waals surface area contributed by atoms with Crippen LogP contribution in [0, 0.1) is 13.8 Å². The predicted molar refractivity (Wildman–Crippen MR) is 53.3 cm³/mol. The van der Waals surface area contributed by atoms with Crippen molar-refractivity contribution in [1.82, 2.24) is 9.97 Å². The van der Waals surface area contributed by atoms with E-state index in [1.165, 1.54) is 0 Å². The Labute approximate surface area is 83.3 Å². The van der Waals surface area contributed by atoms with Crippen LogP contribution in [0.5, 0.6) is 5.88 Å². The number of methoxy groups -OCH3 is 1. The molecule has 1 rings (SSSR count). The molecule has 14 heavy (non-hydrogen) atoms. The molecule has 78 valence electrons. The number of nitrogens with zero attached hydrogens (tertiary/aromatic N) is 2. The van der Waals surface area contributed by atoms with Gasteiger partial charge in [-0.05, 0) is 13.8 Å². The van der Waals surface area contributed by atoms with Crippen molar-refractivity contribution < 1.29 is 9.47 Å². The Bertz CT molecular complexity index is 315. The van der Waals surface area contributed by atoms with Gasteiger partial charge in [-0.25, -0.2) is 4.98 Å². The second kappa shape index (κ2) is 4.76. The fourth-order valence-corrected chi connectivity index (χ4v) is 0.986. The number of rotatable bonds is 4. The fourth-order valence-electron chi connectivity index (χ4n) is 0.986. The zero-order chi connectivity index (χ0) is 10.6. The summed E-state index contributed by atoms with van der Waals surface area (Å²) in [5.41, 5.74) is 6.43. The molecule has 2 N–H and O–H groups in total. The van der Waals surface area contributed by atoms with Gasteiger partial charge in [-0.3, -0.25) is 0 Å². The third-order valence-electron chi connectivity index (χ3n) is 1.78. The lowest BCUT2D eigenvalue weighted by molar-refractivity contribution is 0.143. The number of anilines is 1. The summed E-state index contributed by atoms with van der Waals surface area (Å²) in [7, 11) is 1.62. The fraction of sp³-hybridized carbons (Fsp3) is 0.556. The van der Waals surface area contributed by atoms with Gasteiger partial charge in [0, 0.05) is 7.11 Å². The molecule has 1 aromatic heterocycles. The van der Waals surface area contributed by atoms with Crippen LogP contribution in [0.1, 0.15) is 11.4 Å². The van der Waals surface area contributed by atoms with Crippen LogP contribution < -0.4 is 10.5 Å². The molecule has 0 saturated carbocycles. The Morgan fingerprint density at radius 3 is 2.57 bits per heavy atom. The van der Waals surface area contributed by atoms with E-state index in [4.69, 9.17) is 15.2 Å². The number of nitrogens with two attached hydrogens (primary N) is 1. The smallest absolute Gasteiger partial charge is 0.221 e. The lowest BCUT2D eigenvalue weighted by Crippen LogP contribution is -2.09. The van der Waals surface area contributed by atoms with Crippen LogP contribution in [-0.4, -0.2) is 30.3 Å². The monoisotopic (exact) mass is 197 g/mol. The molecule has 0 radical (unpaired) electrons. The first kappa shape index (κ1) is 10.7. The topological polar surface area (TPSA) is 70.3 Å². The highest BCUT2D eigenvalue weighted by Gasteiger charge is 2.06. The van der Waals surface area contributed by atoms with Gasteiger partial charge in [-0.2, -0.15) is 4.98 Å². The summed E-state index contributed by atoms with van der Waals surface area (Å²) in [5.74, 6) is 1.61. The predicted octanol–water partition coefficient (Wildman–Crippen LogP) is 0.701. The molecule has 0 fully saturated rings. The van der Waals surface area contributed by atoms with Crippen LogP contribution in [0.4, 0.5) is 5.82 Å². The summed E-state index contributed by atoms with van der Waals surface area (Å²) in [5, 5.41) is 0. The van der Waals surface area contributed by atoms with E-state index in [0.29, 0.717) is 30.7 Å². The number of aryl methyl sites for hydroxylation is 1. The SMILES string of the molecule is COCCOc1nc(C)nc(N)c1C. The zero-order valence-corrected chi connectivity index (χ0v) is 8.70.